The van der Waals surface area contributed by atoms with Gasteiger partial charge in [0.05, 0.1) is 0 Å². The zero-order valence-corrected chi connectivity index (χ0v) is 13.5. The molecule has 1 N–H and O–H groups in total. The number of nitrogens with one attached hydrogen (secondary N) is 1. The van der Waals surface area contributed by atoms with Crippen molar-refractivity contribution in [3.63, 3.8) is 0 Å². The summed E-state index contributed by atoms with van der Waals surface area (Å²) in [4.78, 5) is 0. The summed E-state index contributed by atoms with van der Waals surface area (Å²) in [6.07, 6.45) is 0. The van der Waals surface area contributed by atoms with Crippen LogP contribution in [0.2, 0.25) is 0 Å². The zero-order chi connectivity index (χ0) is 15.6. The number of hydrogen-bond donors (Lipinski definition) is 1. The van der Waals surface area contributed by atoms with Crippen molar-refractivity contribution in [2.45, 2.75) is 46.1 Å². The van der Waals surface area contributed by atoms with Crippen molar-refractivity contribution in [2.75, 3.05) is 5.32 Å². The second-order valence-corrected chi connectivity index (χ2v) is 6.65. The van der Waals surface area contributed by atoms with Gasteiger partial charge in [-0.05, 0) is 42.5 Å². The largest absolute Gasteiger partial charge is 0.378 e. The van der Waals surface area contributed by atoms with E-state index in [1.807, 2.05) is 6.07 Å². The molecule has 0 aliphatic rings. The fourth-order valence-electron chi connectivity index (χ4n) is 2.35. The minimum absolute atomic E-state index is 0.138. The normalized spacial score (nSPS) is 13.0. The molecule has 1 nitrogen and oxygen atoms in total. The van der Waals surface area contributed by atoms with Crippen LogP contribution in [0.15, 0.2) is 42.5 Å². The lowest BCUT2D eigenvalue weighted by molar-refractivity contribution is 0.589. The first-order chi connectivity index (χ1) is 9.79. The molecule has 1 atom stereocenters. The Bertz CT molecular complexity index is 608. The van der Waals surface area contributed by atoms with Crippen molar-refractivity contribution in [1.29, 1.82) is 0 Å². The Hall–Kier alpha value is -1.83. The molecule has 0 aromatic heterocycles. The Morgan fingerprint density at radius 1 is 1.00 bits per heavy atom. The average molecular weight is 285 g/mol. The highest BCUT2D eigenvalue weighted by atomic mass is 19.1. The van der Waals surface area contributed by atoms with Gasteiger partial charge in [0.1, 0.15) is 5.82 Å². The molecule has 0 aliphatic carbocycles. The van der Waals surface area contributed by atoms with Crippen molar-refractivity contribution >= 4 is 5.69 Å². The van der Waals surface area contributed by atoms with Crippen LogP contribution in [0.25, 0.3) is 0 Å². The van der Waals surface area contributed by atoms with E-state index in [9.17, 15) is 4.39 Å². The highest BCUT2D eigenvalue weighted by molar-refractivity contribution is 5.52. The first-order valence-corrected chi connectivity index (χ1v) is 7.41. The van der Waals surface area contributed by atoms with Gasteiger partial charge in [0, 0.05) is 17.3 Å². The predicted octanol–water partition coefficient (Wildman–Crippen LogP) is 5.60. The van der Waals surface area contributed by atoms with E-state index in [-0.39, 0.29) is 17.3 Å². The minimum atomic E-state index is -0.171. The van der Waals surface area contributed by atoms with Gasteiger partial charge in [-0.1, -0.05) is 51.1 Å². The molecule has 0 heterocycles. The van der Waals surface area contributed by atoms with E-state index in [4.69, 9.17) is 0 Å². The molecule has 0 aliphatic heterocycles. The van der Waals surface area contributed by atoms with Crippen LogP contribution in [-0.4, -0.2) is 0 Å². The molecule has 0 saturated heterocycles. The van der Waals surface area contributed by atoms with Crippen molar-refractivity contribution < 1.29 is 4.39 Å². The highest BCUT2D eigenvalue weighted by Crippen LogP contribution is 2.26. The number of hydrogen-bond acceptors (Lipinski definition) is 1. The van der Waals surface area contributed by atoms with Crippen molar-refractivity contribution in [3.05, 3.63) is 65.0 Å². The van der Waals surface area contributed by atoms with Crippen LogP contribution in [0.4, 0.5) is 10.1 Å². The minimum Gasteiger partial charge on any atom is -0.378 e. The van der Waals surface area contributed by atoms with E-state index in [0.717, 1.165) is 5.69 Å². The summed E-state index contributed by atoms with van der Waals surface area (Å²) in [6, 6.07) is 13.9. The molecule has 0 bridgehead atoms. The fraction of sp³-hybridized carbons (Fsp3) is 0.368. The van der Waals surface area contributed by atoms with Crippen molar-refractivity contribution in [3.8, 4) is 0 Å². The molecule has 0 fully saturated rings. The lowest BCUT2D eigenvalue weighted by atomic mass is 9.86. The van der Waals surface area contributed by atoms with Gasteiger partial charge in [-0.3, -0.25) is 0 Å². The maximum absolute atomic E-state index is 13.6. The third-order valence-corrected chi connectivity index (χ3v) is 3.92. The molecule has 21 heavy (non-hydrogen) atoms. The first kappa shape index (κ1) is 15.6. The molecule has 0 saturated carbocycles. The third kappa shape index (κ3) is 3.63. The van der Waals surface area contributed by atoms with Crippen LogP contribution in [0.1, 0.15) is 50.4 Å². The summed E-state index contributed by atoms with van der Waals surface area (Å²) in [5.41, 5.74) is 4.19. The molecule has 0 amide bonds. The van der Waals surface area contributed by atoms with E-state index in [2.05, 4.69) is 57.3 Å². The monoisotopic (exact) mass is 285 g/mol. The van der Waals surface area contributed by atoms with E-state index in [1.165, 1.54) is 17.2 Å². The lowest BCUT2D eigenvalue weighted by Gasteiger charge is -2.21. The second-order valence-electron chi connectivity index (χ2n) is 6.65. The lowest BCUT2D eigenvalue weighted by Crippen LogP contribution is -2.12. The van der Waals surface area contributed by atoms with Gasteiger partial charge in [-0.2, -0.15) is 0 Å². The standard InChI is InChI=1S/C19H24FN/c1-13-17(20)7-6-8-18(13)21-14(2)15-9-11-16(12-10-15)19(3,4)5/h6-12,14,21H,1-5H3. The van der Waals surface area contributed by atoms with Crippen LogP contribution in [0.3, 0.4) is 0 Å². The van der Waals surface area contributed by atoms with Crippen LogP contribution < -0.4 is 5.32 Å². The quantitative estimate of drug-likeness (QED) is 0.773. The van der Waals surface area contributed by atoms with Crippen LogP contribution in [-0.2, 0) is 5.41 Å². The smallest absolute Gasteiger partial charge is 0.128 e. The Labute approximate surface area is 127 Å². The molecular weight excluding hydrogens is 261 g/mol. The molecule has 0 radical (unpaired) electrons. The molecule has 2 rings (SSSR count). The maximum Gasteiger partial charge on any atom is 0.128 e. The maximum atomic E-state index is 13.6. The number of halogens is 1. The number of benzene rings is 2. The Balaban J connectivity index is 2.17. The topological polar surface area (TPSA) is 12.0 Å². The second kappa shape index (κ2) is 5.88. The van der Waals surface area contributed by atoms with Crippen molar-refractivity contribution in [2.24, 2.45) is 0 Å². The van der Waals surface area contributed by atoms with E-state index in [0.29, 0.717) is 5.56 Å². The van der Waals surface area contributed by atoms with Crippen LogP contribution in [0.5, 0.6) is 0 Å². The van der Waals surface area contributed by atoms with Crippen LogP contribution in [0, 0.1) is 12.7 Å². The molecule has 1 unspecified atom stereocenters. The highest BCUT2D eigenvalue weighted by Gasteiger charge is 2.14. The Morgan fingerprint density at radius 2 is 1.62 bits per heavy atom. The molecule has 2 heteroatoms. The van der Waals surface area contributed by atoms with Gasteiger partial charge in [-0.25, -0.2) is 4.39 Å². The molecule has 2 aromatic carbocycles. The summed E-state index contributed by atoms with van der Waals surface area (Å²) in [7, 11) is 0. The summed E-state index contributed by atoms with van der Waals surface area (Å²) < 4.78 is 13.6. The molecule has 112 valence electrons. The summed E-state index contributed by atoms with van der Waals surface area (Å²) in [5.74, 6) is -0.171. The van der Waals surface area contributed by atoms with Gasteiger partial charge < -0.3 is 5.32 Å². The molecule has 0 spiro atoms. The van der Waals surface area contributed by atoms with Crippen molar-refractivity contribution in [1.82, 2.24) is 0 Å². The van der Waals surface area contributed by atoms with E-state index >= 15 is 0 Å². The van der Waals surface area contributed by atoms with E-state index in [1.54, 1.807) is 13.0 Å². The molecular formula is C19H24FN. The van der Waals surface area contributed by atoms with Gasteiger partial charge in [0.2, 0.25) is 0 Å². The van der Waals surface area contributed by atoms with Gasteiger partial charge >= 0.3 is 0 Å². The SMILES string of the molecule is Cc1c(F)cccc1NC(C)c1ccc(C(C)(C)C)cc1. The Morgan fingerprint density at radius 3 is 2.19 bits per heavy atom. The third-order valence-electron chi connectivity index (χ3n) is 3.92. The van der Waals surface area contributed by atoms with Gasteiger partial charge in [0.15, 0.2) is 0 Å². The fourth-order valence-corrected chi connectivity index (χ4v) is 2.35. The summed E-state index contributed by atoms with van der Waals surface area (Å²) in [6.45, 7) is 10.5. The van der Waals surface area contributed by atoms with Crippen LogP contribution >= 0.6 is 0 Å². The number of rotatable bonds is 3. The number of anilines is 1. The Kier molecular flexibility index (Phi) is 4.36. The summed E-state index contributed by atoms with van der Waals surface area (Å²) in [5, 5.41) is 3.39. The zero-order valence-electron chi connectivity index (χ0n) is 13.5. The van der Waals surface area contributed by atoms with E-state index < -0.39 is 0 Å². The molecule has 2 aromatic rings. The first-order valence-electron chi connectivity index (χ1n) is 7.41. The van der Waals surface area contributed by atoms with Gasteiger partial charge in [0.25, 0.3) is 0 Å². The summed E-state index contributed by atoms with van der Waals surface area (Å²) >= 11 is 0. The predicted molar refractivity (Wildman–Crippen MR) is 88.3 cm³/mol. The average Bonchev–Trinajstić information content (AvgIpc) is 2.43. The van der Waals surface area contributed by atoms with Gasteiger partial charge in [-0.15, -0.1) is 0 Å².